The topological polar surface area (TPSA) is 26.3 Å². The van der Waals surface area contributed by atoms with E-state index in [4.69, 9.17) is 4.74 Å². The molecule has 2 nitrogen and oxygen atoms in total. The van der Waals surface area contributed by atoms with Crippen molar-refractivity contribution in [2.45, 2.75) is 65.1 Å². The molecule has 0 saturated heterocycles. The minimum Gasteiger partial charge on any atom is -0.465 e. The van der Waals surface area contributed by atoms with Gasteiger partial charge < -0.3 is 4.74 Å². The maximum atomic E-state index is 12.0. The van der Waals surface area contributed by atoms with Crippen LogP contribution in [0.3, 0.4) is 0 Å². The third-order valence-corrected chi connectivity index (χ3v) is 3.95. The maximum Gasteiger partial charge on any atom is 0.319 e. The third-order valence-electron chi connectivity index (χ3n) is 2.64. The zero-order valence-corrected chi connectivity index (χ0v) is 13.8. The van der Waals surface area contributed by atoms with Gasteiger partial charge >= 0.3 is 5.97 Å². The van der Waals surface area contributed by atoms with E-state index in [1.54, 1.807) is 11.8 Å². The van der Waals surface area contributed by atoms with Crippen LogP contribution < -0.4 is 0 Å². The first kappa shape index (κ1) is 19.7. The van der Waals surface area contributed by atoms with Crippen LogP contribution in [-0.4, -0.2) is 30.0 Å². The van der Waals surface area contributed by atoms with Crippen molar-refractivity contribution >= 4 is 17.7 Å². The molecule has 0 amide bonds. The second-order valence-corrected chi connectivity index (χ2v) is 7.21. The van der Waals surface area contributed by atoms with Crippen molar-refractivity contribution in [3.63, 3.8) is 0 Å². The van der Waals surface area contributed by atoms with E-state index in [9.17, 15) is 13.6 Å². The van der Waals surface area contributed by atoms with Crippen LogP contribution >= 0.6 is 11.8 Å². The van der Waals surface area contributed by atoms with E-state index in [1.165, 1.54) is 0 Å². The molecule has 0 fully saturated rings. The van der Waals surface area contributed by atoms with E-state index < -0.39 is 6.43 Å². The number of esters is 1. The normalized spacial score (nSPS) is 13.2. The van der Waals surface area contributed by atoms with Crippen LogP contribution in [0, 0.1) is 11.8 Å². The molecule has 0 aromatic heterocycles. The van der Waals surface area contributed by atoms with E-state index in [2.05, 4.69) is 13.8 Å². The standard InChI is InChI=1S/C15H28F2O2S/c1-11(2)9-13(15(18)19-10-12(3)4)20-8-6-5-7-14(16)17/h11-14H,5-10H2,1-4H3. The number of unbranched alkanes of at least 4 members (excludes halogenated alkanes) is 1. The molecule has 0 saturated carbocycles. The Morgan fingerprint density at radius 2 is 1.75 bits per heavy atom. The zero-order chi connectivity index (χ0) is 15.5. The van der Waals surface area contributed by atoms with Gasteiger partial charge in [0.25, 0.3) is 0 Å². The van der Waals surface area contributed by atoms with Crippen LogP contribution in [0.4, 0.5) is 8.78 Å². The highest BCUT2D eigenvalue weighted by atomic mass is 32.2. The molecule has 0 aliphatic rings. The number of halogens is 2. The first-order valence-corrected chi connectivity index (χ1v) is 8.44. The average Bonchev–Trinajstić information content (AvgIpc) is 2.33. The molecule has 0 N–H and O–H groups in total. The van der Waals surface area contributed by atoms with Gasteiger partial charge in [0.1, 0.15) is 5.25 Å². The molecule has 0 aliphatic carbocycles. The lowest BCUT2D eigenvalue weighted by atomic mass is 10.1. The van der Waals surface area contributed by atoms with Gasteiger partial charge in [-0.15, -0.1) is 11.8 Å². The minimum absolute atomic E-state index is 0.0484. The summed E-state index contributed by atoms with van der Waals surface area (Å²) in [6.45, 7) is 8.59. The summed E-state index contributed by atoms with van der Waals surface area (Å²) in [6.07, 6.45) is -0.257. The average molecular weight is 310 g/mol. The quantitative estimate of drug-likeness (QED) is 0.406. The minimum atomic E-state index is -2.22. The Morgan fingerprint density at radius 3 is 2.25 bits per heavy atom. The summed E-state index contributed by atoms with van der Waals surface area (Å²) >= 11 is 1.54. The third kappa shape index (κ3) is 11.5. The Morgan fingerprint density at radius 1 is 1.10 bits per heavy atom. The highest BCUT2D eigenvalue weighted by molar-refractivity contribution is 8.00. The molecule has 0 rings (SSSR count). The first-order chi connectivity index (χ1) is 9.32. The van der Waals surface area contributed by atoms with Crippen molar-refractivity contribution in [2.75, 3.05) is 12.4 Å². The zero-order valence-electron chi connectivity index (χ0n) is 13.0. The monoisotopic (exact) mass is 310 g/mol. The number of alkyl halides is 2. The molecular weight excluding hydrogens is 282 g/mol. The molecule has 0 radical (unpaired) electrons. The van der Waals surface area contributed by atoms with Gasteiger partial charge in [-0.1, -0.05) is 27.7 Å². The van der Waals surface area contributed by atoms with Crippen LogP contribution in [0.15, 0.2) is 0 Å². The number of carbonyl (C=O) groups is 1. The second-order valence-electron chi connectivity index (χ2n) is 5.90. The number of thioether (sulfide) groups is 1. The van der Waals surface area contributed by atoms with Crippen molar-refractivity contribution in [1.82, 2.24) is 0 Å². The molecule has 0 aromatic carbocycles. The second kappa shape index (κ2) is 11.4. The Kier molecular flexibility index (Phi) is 11.2. The Labute approximate surface area is 126 Å². The van der Waals surface area contributed by atoms with Crippen LogP contribution in [0.25, 0.3) is 0 Å². The Hall–Kier alpha value is -0.320. The molecule has 20 heavy (non-hydrogen) atoms. The fourth-order valence-electron chi connectivity index (χ4n) is 1.63. The Balaban J connectivity index is 4.04. The summed E-state index contributed by atoms with van der Waals surface area (Å²) in [5, 5.41) is -0.166. The highest BCUT2D eigenvalue weighted by Crippen LogP contribution is 2.23. The smallest absolute Gasteiger partial charge is 0.319 e. The predicted molar refractivity (Wildman–Crippen MR) is 81.4 cm³/mol. The molecule has 120 valence electrons. The van der Waals surface area contributed by atoms with E-state index in [1.807, 2.05) is 13.8 Å². The van der Waals surface area contributed by atoms with Crippen LogP contribution in [0.2, 0.25) is 0 Å². The van der Waals surface area contributed by atoms with Gasteiger partial charge in [-0.2, -0.15) is 0 Å². The van der Waals surface area contributed by atoms with E-state index >= 15 is 0 Å². The number of hydrogen-bond acceptors (Lipinski definition) is 3. The molecule has 0 bridgehead atoms. The molecule has 1 unspecified atom stereocenters. The van der Waals surface area contributed by atoms with Crippen molar-refractivity contribution in [2.24, 2.45) is 11.8 Å². The fourth-order valence-corrected chi connectivity index (χ4v) is 3.01. The van der Waals surface area contributed by atoms with Crippen molar-refractivity contribution in [3.05, 3.63) is 0 Å². The van der Waals surface area contributed by atoms with Crippen LogP contribution in [0.1, 0.15) is 53.4 Å². The van der Waals surface area contributed by atoms with Crippen molar-refractivity contribution in [1.29, 1.82) is 0 Å². The lowest BCUT2D eigenvalue weighted by Crippen LogP contribution is -2.24. The van der Waals surface area contributed by atoms with E-state index in [0.29, 0.717) is 24.9 Å². The molecule has 1 atom stereocenters. The highest BCUT2D eigenvalue weighted by Gasteiger charge is 2.21. The SMILES string of the molecule is CC(C)COC(=O)C(CC(C)C)SCCCCC(F)F. The molecule has 0 aliphatic heterocycles. The van der Waals surface area contributed by atoms with Gasteiger partial charge in [-0.3, -0.25) is 4.79 Å². The summed E-state index contributed by atoms with van der Waals surface area (Å²) < 4.78 is 29.3. The lowest BCUT2D eigenvalue weighted by molar-refractivity contribution is -0.144. The van der Waals surface area contributed by atoms with Gasteiger partial charge in [-0.05, 0) is 36.9 Å². The molecule has 0 spiro atoms. The Bertz CT molecular complexity index is 258. The molecule has 5 heteroatoms. The van der Waals surface area contributed by atoms with E-state index in [0.717, 1.165) is 18.6 Å². The molecular formula is C15H28F2O2S. The maximum absolute atomic E-state index is 12.0. The molecule has 0 aromatic rings. The van der Waals surface area contributed by atoms with Crippen molar-refractivity contribution < 1.29 is 18.3 Å². The molecule has 0 heterocycles. The number of hydrogen-bond donors (Lipinski definition) is 0. The number of ether oxygens (including phenoxy) is 1. The summed E-state index contributed by atoms with van der Waals surface area (Å²) in [6, 6.07) is 0. The number of carbonyl (C=O) groups excluding carboxylic acids is 1. The van der Waals surface area contributed by atoms with Gasteiger partial charge in [0, 0.05) is 6.42 Å². The van der Waals surface area contributed by atoms with Gasteiger partial charge in [0.2, 0.25) is 6.43 Å². The summed E-state index contributed by atoms with van der Waals surface area (Å²) in [7, 11) is 0. The summed E-state index contributed by atoms with van der Waals surface area (Å²) in [5.41, 5.74) is 0. The van der Waals surface area contributed by atoms with E-state index in [-0.39, 0.29) is 17.6 Å². The van der Waals surface area contributed by atoms with Gasteiger partial charge in [-0.25, -0.2) is 8.78 Å². The number of rotatable bonds is 11. The first-order valence-electron chi connectivity index (χ1n) is 7.39. The fraction of sp³-hybridized carbons (Fsp3) is 0.933. The summed E-state index contributed by atoms with van der Waals surface area (Å²) in [5.74, 6) is 1.32. The van der Waals surface area contributed by atoms with Crippen molar-refractivity contribution in [3.8, 4) is 0 Å². The van der Waals surface area contributed by atoms with Gasteiger partial charge in [0.15, 0.2) is 0 Å². The van der Waals surface area contributed by atoms with Crippen LogP contribution in [-0.2, 0) is 9.53 Å². The largest absolute Gasteiger partial charge is 0.465 e. The predicted octanol–water partition coefficient (Wildman–Crippen LogP) is 4.77. The van der Waals surface area contributed by atoms with Gasteiger partial charge in [0.05, 0.1) is 6.61 Å². The van der Waals surface area contributed by atoms with Crippen LogP contribution in [0.5, 0.6) is 0 Å². The summed E-state index contributed by atoms with van der Waals surface area (Å²) in [4.78, 5) is 12.0. The lowest BCUT2D eigenvalue weighted by Gasteiger charge is -2.18.